The normalized spacial score (nSPS) is 12.1. The van der Waals surface area contributed by atoms with Crippen molar-refractivity contribution < 1.29 is 4.79 Å². The number of nitrogens with one attached hydrogen (secondary N) is 1. The Morgan fingerprint density at radius 1 is 1.00 bits per heavy atom. The second kappa shape index (κ2) is 9.18. The average Bonchev–Trinajstić information content (AvgIpc) is 3.18. The maximum Gasteiger partial charge on any atom is 0.295 e. The zero-order chi connectivity index (χ0) is 22.7. The van der Waals surface area contributed by atoms with E-state index in [-0.39, 0.29) is 11.5 Å². The number of carbonyl (C=O) groups excluding carboxylic acids is 1. The van der Waals surface area contributed by atoms with E-state index in [0.29, 0.717) is 17.8 Å². The molecule has 0 aliphatic rings. The zero-order valence-corrected chi connectivity index (χ0v) is 18.6. The third-order valence-corrected chi connectivity index (χ3v) is 5.68. The van der Waals surface area contributed by atoms with Crippen molar-refractivity contribution in [2.45, 2.75) is 39.7 Å². The first-order chi connectivity index (χ1) is 15.5. The number of hydrogen-bond donors (Lipinski definition) is 1. The lowest BCUT2D eigenvalue weighted by Gasteiger charge is -2.15. The maximum atomic E-state index is 13.2. The first kappa shape index (κ1) is 21.5. The lowest BCUT2D eigenvalue weighted by atomic mass is 10.1. The molecule has 2 aromatic carbocycles. The highest BCUT2D eigenvalue weighted by molar-refractivity contribution is 5.84. The van der Waals surface area contributed by atoms with Gasteiger partial charge in [0.15, 0.2) is 5.52 Å². The highest BCUT2D eigenvalue weighted by atomic mass is 16.2. The highest BCUT2D eigenvalue weighted by Gasteiger charge is 2.22. The average molecular weight is 430 g/mol. The van der Waals surface area contributed by atoms with Crippen molar-refractivity contribution in [2.24, 2.45) is 0 Å². The summed E-state index contributed by atoms with van der Waals surface area (Å²) in [6.07, 6.45) is 1.71. The third-order valence-electron chi connectivity index (χ3n) is 5.68. The first-order valence-corrected chi connectivity index (χ1v) is 10.8. The van der Waals surface area contributed by atoms with Crippen LogP contribution in [0.2, 0.25) is 0 Å². The van der Waals surface area contributed by atoms with Gasteiger partial charge in [0.05, 0.1) is 22.5 Å². The van der Waals surface area contributed by atoms with Crippen molar-refractivity contribution in [1.29, 1.82) is 0 Å². The van der Waals surface area contributed by atoms with Crippen molar-refractivity contribution in [2.75, 3.05) is 6.54 Å². The number of benzene rings is 2. The molecule has 0 unspecified atom stereocenters. The molecule has 1 N–H and O–H groups in total. The molecule has 0 spiro atoms. The molecule has 0 radical (unpaired) electrons. The van der Waals surface area contributed by atoms with E-state index in [0.717, 1.165) is 29.6 Å². The molecule has 2 aromatic heterocycles. The van der Waals surface area contributed by atoms with Crippen LogP contribution in [-0.2, 0) is 11.2 Å². The number of rotatable bonds is 7. The number of aromatic nitrogens is 4. The van der Waals surface area contributed by atoms with Crippen LogP contribution in [0.5, 0.6) is 0 Å². The van der Waals surface area contributed by atoms with Crippen molar-refractivity contribution in [3.8, 4) is 5.69 Å². The molecule has 7 nitrogen and oxygen atoms in total. The van der Waals surface area contributed by atoms with E-state index in [2.05, 4.69) is 27.6 Å². The van der Waals surface area contributed by atoms with E-state index in [9.17, 15) is 9.59 Å². The number of nitrogens with zero attached hydrogens (tertiary/aromatic N) is 4. The molecule has 0 saturated carbocycles. The summed E-state index contributed by atoms with van der Waals surface area (Å²) in [4.78, 5) is 25.9. The summed E-state index contributed by atoms with van der Waals surface area (Å²) in [6, 6.07) is 19.1. The summed E-state index contributed by atoms with van der Waals surface area (Å²) in [6.45, 7) is 5.99. The SMILES string of the molecule is Cc1nn([C@H](C)C(=O)NCCCc2ccccc2)c(=O)c2nn(-c3ccccc3)c(C)c12. The number of aryl methyl sites for hydroxylation is 3. The van der Waals surface area contributed by atoms with Gasteiger partial charge >= 0.3 is 0 Å². The van der Waals surface area contributed by atoms with E-state index in [4.69, 9.17) is 0 Å². The fourth-order valence-corrected chi connectivity index (χ4v) is 3.94. The fraction of sp³-hybridized carbons (Fsp3) is 0.280. The van der Waals surface area contributed by atoms with Crippen LogP contribution in [0.15, 0.2) is 65.5 Å². The summed E-state index contributed by atoms with van der Waals surface area (Å²) < 4.78 is 2.99. The summed E-state index contributed by atoms with van der Waals surface area (Å²) >= 11 is 0. The van der Waals surface area contributed by atoms with Crippen molar-refractivity contribution in [3.05, 3.63) is 88.0 Å². The van der Waals surface area contributed by atoms with Crippen LogP contribution in [0, 0.1) is 13.8 Å². The Morgan fingerprint density at radius 3 is 2.34 bits per heavy atom. The zero-order valence-electron chi connectivity index (χ0n) is 18.6. The number of hydrogen-bond acceptors (Lipinski definition) is 4. The molecule has 4 aromatic rings. The number of para-hydroxylation sites is 1. The van der Waals surface area contributed by atoms with Crippen molar-refractivity contribution in [3.63, 3.8) is 0 Å². The van der Waals surface area contributed by atoms with Crippen LogP contribution in [0.3, 0.4) is 0 Å². The standard InChI is InChI=1S/C25H27N5O2/c1-17-22-18(2)29(21-14-8-5-9-15-21)28-23(22)25(32)30(27-17)19(3)24(31)26-16-10-13-20-11-6-4-7-12-20/h4-9,11-12,14-15,19H,10,13,16H2,1-3H3,(H,26,31)/t19-/m1/s1. The highest BCUT2D eigenvalue weighted by Crippen LogP contribution is 2.21. The Labute approximate surface area is 186 Å². The van der Waals surface area contributed by atoms with Gasteiger partial charge in [-0.15, -0.1) is 0 Å². The van der Waals surface area contributed by atoms with Gasteiger partial charge in [-0.05, 0) is 51.3 Å². The summed E-state index contributed by atoms with van der Waals surface area (Å²) in [5.74, 6) is -0.231. The fourth-order valence-electron chi connectivity index (χ4n) is 3.94. The molecule has 0 bridgehead atoms. The van der Waals surface area contributed by atoms with Crippen LogP contribution in [0.4, 0.5) is 0 Å². The molecule has 7 heteroatoms. The van der Waals surface area contributed by atoms with Crippen LogP contribution >= 0.6 is 0 Å². The van der Waals surface area contributed by atoms with Gasteiger partial charge in [-0.2, -0.15) is 10.2 Å². The molecular weight excluding hydrogens is 402 g/mol. The molecule has 2 heterocycles. The minimum Gasteiger partial charge on any atom is -0.354 e. The number of carbonyl (C=O) groups is 1. The van der Waals surface area contributed by atoms with Gasteiger partial charge in [-0.3, -0.25) is 9.59 Å². The number of amides is 1. The van der Waals surface area contributed by atoms with Crippen molar-refractivity contribution >= 4 is 16.8 Å². The molecule has 0 aliphatic carbocycles. The molecule has 0 aliphatic heterocycles. The van der Waals surface area contributed by atoms with Gasteiger partial charge in [0.25, 0.3) is 5.56 Å². The lowest BCUT2D eigenvalue weighted by Crippen LogP contribution is -2.38. The minimum absolute atomic E-state index is 0.231. The monoisotopic (exact) mass is 429 g/mol. The second-order valence-electron chi connectivity index (χ2n) is 7.95. The molecule has 1 atom stereocenters. The quantitative estimate of drug-likeness (QED) is 0.456. The molecule has 32 heavy (non-hydrogen) atoms. The van der Waals surface area contributed by atoms with Crippen molar-refractivity contribution in [1.82, 2.24) is 24.9 Å². The van der Waals surface area contributed by atoms with E-state index in [1.165, 1.54) is 10.2 Å². The lowest BCUT2D eigenvalue weighted by molar-refractivity contribution is -0.124. The smallest absolute Gasteiger partial charge is 0.295 e. The van der Waals surface area contributed by atoms with Crippen LogP contribution in [0.1, 0.15) is 36.3 Å². The summed E-state index contributed by atoms with van der Waals surface area (Å²) in [7, 11) is 0. The summed E-state index contributed by atoms with van der Waals surface area (Å²) in [5.41, 5.74) is 3.58. The van der Waals surface area contributed by atoms with Gasteiger partial charge < -0.3 is 5.32 Å². The van der Waals surface area contributed by atoms with Gasteiger partial charge in [0.1, 0.15) is 6.04 Å². The topological polar surface area (TPSA) is 81.8 Å². The largest absolute Gasteiger partial charge is 0.354 e. The molecule has 0 fully saturated rings. The Kier molecular flexibility index (Phi) is 6.16. The maximum absolute atomic E-state index is 13.2. The molecule has 4 rings (SSSR count). The van der Waals surface area contributed by atoms with Gasteiger partial charge in [0.2, 0.25) is 5.91 Å². The second-order valence-corrected chi connectivity index (χ2v) is 7.95. The Hall–Kier alpha value is -3.74. The van der Waals surface area contributed by atoms with Crippen LogP contribution in [-0.4, -0.2) is 32.0 Å². The predicted molar refractivity (Wildman–Crippen MR) is 125 cm³/mol. The molecular formula is C25H27N5O2. The van der Waals surface area contributed by atoms with Gasteiger partial charge in [0, 0.05) is 6.54 Å². The van der Waals surface area contributed by atoms with Gasteiger partial charge in [-0.25, -0.2) is 9.36 Å². The minimum atomic E-state index is -0.732. The van der Waals surface area contributed by atoms with Crippen LogP contribution < -0.4 is 10.9 Å². The van der Waals surface area contributed by atoms with E-state index in [1.807, 2.05) is 62.4 Å². The van der Waals surface area contributed by atoms with E-state index in [1.54, 1.807) is 11.6 Å². The van der Waals surface area contributed by atoms with Crippen LogP contribution in [0.25, 0.3) is 16.6 Å². The molecule has 0 saturated heterocycles. The Bertz CT molecular complexity index is 1290. The summed E-state index contributed by atoms with van der Waals surface area (Å²) in [5, 5.41) is 12.7. The molecule has 1 amide bonds. The molecule has 164 valence electrons. The first-order valence-electron chi connectivity index (χ1n) is 10.8. The number of fused-ring (bicyclic) bond motifs is 1. The van der Waals surface area contributed by atoms with E-state index >= 15 is 0 Å². The Morgan fingerprint density at radius 2 is 1.66 bits per heavy atom. The van der Waals surface area contributed by atoms with E-state index < -0.39 is 6.04 Å². The van der Waals surface area contributed by atoms with Gasteiger partial charge in [-0.1, -0.05) is 48.5 Å². The predicted octanol–water partition coefficient (Wildman–Crippen LogP) is 3.51. The third kappa shape index (κ3) is 4.19. The Balaban J connectivity index is 1.54.